The molecule has 2 aromatic carbocycles. The molecule has 0 aromatic heterocycles. The van der Waals surface area contributed by atoms with E-state index in [0.29, 0.717) is 5.56 Å². The van der Waals surface area contributed by atoms with E-state index in [1.54, 1.807) is 6.07 Å². The third-order valence-electron chi connectivity index (χ3n) is 2.73. The number of primary amides is 1. The summed E-state index contributed by atoms with van der Waals surface area (Å²) in [4.78, 5) is 11.4. The number of nitrogens with two attached hydrogens (primary N) is 1. The Labute approximate surface area is 101 Å². The van der Waals surface area contributed by atoms with E-state index in [4.69, 9.17) is 5.73 Å². The van der Waals surface area contributed by atoms with E-state index in [-0.39, 0.29) is 5.91 Å². The predicted octanol–water partition coefficient (Wildman–Crippen LogP) is 3.07. The van der Waals surface area contributed by atoms with Gasteiger partial charge >= 0.3 is 0 Å². The van der Waals surface area contributed by atoms with E-state index >= 15 is 0 Å². The molecule has 0 aliphatic carbocycles. The number of carbonyl (C=O) groups excluding carboxylic acids is 1. The summed E-state index contributed by atoms with van der Waals surface area (Å²) < 4.78 is 0. The SMILES string of the molecule is Cc1cc(C)cc(-c2ccccc2C(N)=O)c1. The van der Waals surface area contributed by atoms with Crippen LogP contribution in [0.1, 0.15) is 21.5 Å². The van der Waals surface area contributed by atoms with E-state index < -0.39 is 0 Å². The number of aryl methyl sites for hydroxylation is 2. The number of amides is 1. The summed E-state index contributed by atoms with van der Waals surface area (Å²) in [6.07, 6.45) is 0. The molecular weight excluding hydrogens is 210 g/mol. The lowest BCUT2D eigenvalue weighted by Gasteiger charge is -2.08. The summed E-state index contributed by atoms with van der Waals surface area (Å²) in [5, 5.41) is 0. The highest BCUT2D eigenvalue weighted by Gasteiger charge is 2.09. The Bertz CT molecular complexity index is 553. The predicted molar refractivity (Wildman–Crippen MR) is 69.9 cm³/mol. The van der Waals surface area contributed by atoms with E-state index in [1.807, 2.05) is 32.0 Å². The standard InChI is InChI=1S/C15H15NO/c1-10-7-11(2)9-12(8-10)13-5-3-4-6-14(13)15(16)17/h3-9H,1-2H3,(H2,16,17). The molecule has 2 rings (SSSR count). The molecule has 2 aromatic rings. The van der Waals surface area contributed by atoms with Gasteiger partial charge in [-0.2, -0.15) is 0 Å². The summed E-state index contributed by atoms with van der Waals surface area (Å²) in [6, 6.07) is 13.7. The fourth-order valence-electron chi connectivity index (χ4n) is 2.08. The zero-order valence-electron chi connectivity index (χ0n) is 10.0. The lowest BCUT2D eigenvalue weighted by atomic mass is 9.96. The van der Waals surface area contributed by atoms with E-state index in [1.165, 1.54) is 11.1 Å². The summed E-state index contributed by atoms with van der Waals surface area (Å²) in [5.41, 5.74) is 10.2. The summed E-state index contributed by atoms with van der Waals surface area (Å²) in [5.74, 6) is -0.389. The minimum Gasteiger partial charge on any atom is -0.366 e. The molecule has 0 unspecified atom stereocenters. The van der Waals surface area contributed by atoms with Crippen LogP contribution < -0.4 is 5.73 Å². The van der Waals surface area contributed by atoms with Crippen molar-refractivity contribution < 1.29 is 4.79 Å². The van der Waals surface area contributed by atoms with Crippen molar-refractivity contribution in [1.82, 2.24) is 0 Å². The largest absolute Gasteiger partial charge is 0.366 e. The Morgan fingerprint density at radius 1 is 1.00 bits per heavy atom. The molecular formula is C15H15NO. The first-order valence-corrected chi connectivity index (χ1v) is 5.55. The van der Waals surface area contributed by atoms with Gasteiger partial charge in [-0.15, -0.1) is 0 Å². The van der Waals surface area contributed by atoms with Crippen molar-refractivity contribution in [1.29, 1.82) is 0 Å². The number of hydrogen-bond donors (Lipinski definition) is 1. The first-order valence-electron chi connectivity index (χ1n) is 5.55. The van der Waals surface area contributed by atoms with Gasteiger partial charge in [0, 0.05) is 5.56 Å². The van der Waals surface area contributed by atoms with Crippen LogP contribution in [0, 0.1) is 13.8 Å². The molecule has 0 bridgehead atoms. The first kappa shape index (κ1) is 11.4. The van der Waals surface area contributed by atoms with Crippen LogP contribution in [-0.2, 0) is 0 Å². The molecule has 2 N–H and O–H groups in total. The molecule has 0 atom stereocenters. The lowest BCUT2D eigenvalue weighted by molar-refractivity contribution is 0.100. The Hall–Kier alpha value is -2.09. The summed E-state index contributed by atoms with van der Waals surface area (Å²) in [7, 11) is 0. The van der Waals surface area contributed by atoms with Crippen LogP contribution in [-0.4, -0.2) is 5.91 Å². The molecule has 17 heavy (non-hydrogen) atoms. The maximum absolute atomic E-state index is 11.4. The first-order chi connectivity index (χ1) is 8.08. The van der Waals surface area contributed by atoms with E-state index in [9.17, 15) is 4.79 Å². The van der Waals surface area contributed by atoms with Crippen molar-refractivity contribution in [3.05, 3.63) is 59.2 Å². The molecule has 86 valence electrons. The number of carbonyl (C=O) groups is 1. The summed E-state index contributed by atoms with van der Waals surface area (Å²) >= 11 is 0. The maximum atomic E-state index is 11.4. The maximum Gasteiger partial charge on any atom is 0.249 e. The van der Waals surface area contributed by atoms with Crippen LogP contribution >= 0.6 is 0 Å². The van der Waals surface area contributed by atoms with Crippen LogP contribution in [0.5, 0.6) is 0 Å². The smallest absolute Gasteiger partial charge is 0.249 e. The van der Waals surface area contributed by atoms with Gasteiger partial charge in [-0.05, 0) is 31.0 Å². The van der Waals surface area contributed by atoms with Crippen molar-refractivity contribution in [2.45, 2.75) is 13.8 Å². The van der Waals surface area contributed by atoms with Gasteiger partial charge in [0.25, 0.3) is 0 Å². The topological polar surface area (TPSA) is 43.1 Å². The minimum absolute atomic E-state index is 0.389. The van der Waals surface area contributed by atoms with Gasteiger partial charge in [0.2, 0.25) is 5.91 Å². The molecule has 2 nitrogen and oxygen atoms in total. The molecule has 0 radical (unpaired) electrons. The van der Waals surface area contributed by atoms with Gasteiger partial charge in [-0.25, -0.2) is 0 Å². The van der Waals surface area contributed by atoms with Gasteiger partial charge < -0.3 is 5.73 Å². The average molecular weight is 225 g/mol. The van der Waals surface area contributed by atoms with Crippen molar-refractivity contribution in [3.8, 4) is 11.1 Å². The quantitative estimate of drug-likeness (QED) is 0.838. The van der Waals surface area contributed by atoms with Crippen molar-refractivity contribution in [3.63, 3.8) is 0 Å². The lowest BCUT2D eigenvalue weighted by Crippen LogP contribution is -2.12. The Morgan fingerprint density at radius 3 is 2.18 bits per heavy atom. The normalized spacial score (nSPS) is 10.2. The van der Waals surface area contributed by atoms with Gasteiger partial charge in [-0.1, -0.05) is 47.5 Å². The highest BCUT2D eigenvalue weighted by molar-refractivity contribution is 5.99. The molecule has 0 fully saturated rings. The Morgan fingerprint density at radius 2 is 1.59 bits per heavy atom. The fourth-order valence-corrected chi connectivity index (χ4v) is 2.08. The second kappa shape index (κ2) is 4.42. The van der Waals surface area contributed by atoms with Gasteiger partial charge in [0.05, 0.1) is 0 Å². The van der Waals surface area contributed by atoms with Crippen molar-refractivity contribution >= 4 is 5.91 Å². The molecule has 2 heteroatoms. The third kappa shape index (κ3) is 2.36. The van der Waals surface area contributed by atoms with Crippen LogP contribution in [0.4, 0.5) is 0 Å². The molecule has 0 spiro atoms. The Kier molecular flexibility index (Phi) is 2.96. The molecule has 1 amide bonds. The zero-order valence-corrected chi connectivity index (χ0v) is 10.0. The van der Waals surface area contributed by atoms with Crippen LogP contribution in [0.25, 0.3) is 11.1 Å². The average Bonchev–Trinajstić information content (AvgIpc) is 2.27. The molecule has 0 saturated carbocycles. The number of benzene rings is 2. The molecule has 0 heterocycles. The van der Waals surface area contributed by atoms with Gasteiger partial charge in [0.15, 0.2) is 0 Å². The second-order valence-electron chi connectivity index (χ2n) is 4.29. The van der Waals surface area contributed by atoms with E-state index in [0.717, 1.165) is 11.1 Å². The highest BCUT2D eigenvalue weighted by atomic mass is 16.1. The zero-order chi connectivity index (χ0) is 12.4. The molecule has 0 aliphatic rings. The van der Waals surface area contributed by atoms with E-state index in [2.05, 4.69) is 18.2 Å². The second-order valence-corrected chi connectivity index (χ2v) is 4.29. The number of rotatable bonds is 2. The fraction of sp³-hybridized carbons (Fsp3) is 0.133. The van der Waals surface area contributed by atoms with Crippen molar-refractivity contribution in [2.75, 3.05) is 0 Å². The van der Waals surface area contributed by atoms with Gasteiger partial charge in [0.1, 0.15) is 0 Å². The molecule has 0 aliphatic heterocycles. The monoisotopic (exact) mass is 225 g/mol. The summed E-state index contributed by atoms with van der Waals surface area (Å²) in [6.45, 7) is 4.09. The van der Waals surface area contributed by atoms with Gasteiger partial charge in [-0.3, -0.25) is 4.79 Å². The Balaban J connectivity index is 2.64. The van der Waals surface area contributed by atoms with Crippen LogP contribution in [0.2, 0.25) is 0 Å². The van der Waals surface area contributed by atoms with Crippen LogP contribution in [0.15, 0.2) is 42.5 Å². The molecule has 0 saturated heterocycles. The third-order valence-corrected chi connectivity index (χ3v) is 2.73. The minimum atomic E-state index is -0.389. The van der Waals surface area contributed by atoms with Crippen LogP contribution in [0.3, 0.4) is 0 Å². The highest BCUT2D eigenvalue weighted by Crippen LogP contribution is 2.25. The number of hydrogen-bond acceptors (Lipinski definition) is 1. The van der Waals surface area contributed by atoms with Crippen molar-refractivity contribution in [2.24, 2.45) is 5.73 Å².